The number of nitrogens with zero attached hydrogens (tertiary/aromatic N) is 2. The summed E-state index contributed by atoms with van der Waals surface area (Å²) in [5.74, 6) is -1.17. The van der Waals surface area contributed by atoms with E-state index in [0.717, 1.165) is 16.3 Å². The van der Waals surface area contributed by atoms with E-state index < -0.39 is 36.4 Å². The van der Waals surface area contributed by atoms with Crippen LogP contribution in [0.4, 0.5) is 0 Å². The second kappa shape index (κ2) is 10.1. The van der Waals surface area contributed by atoms with Gasteiger partial charge in [0.1, 0.15) is 12.3 Å². The first-order chi connectivity index (χ1) is 19.2. The molecule has 4 N–H and O–H groups in total. The van der Waals surface area contributed by atoms with E-state index in [1.165, 1.54) is 6.92 Å². The van der Waals surface area contributed by atoms with Gasteiger partial charge in [0.15, 0.2) is 0 Å². The summed E-state index contributed by atoms with van der Waals surface area (Å²) in [5, 5.41) is 28.4. The SMILES string of the molecule is CC(=O)NC[C@H]1O[C@@H](CC(O)n2cc(C3=C(c4cn(C)c5ccccc45)C(=O)NC3=O)c3ccccc32)C[C@@H]1O. The molecule has 4 atom stereocenters. The number of ether oxygens (including phenoxy) is 1. The molecule has 40 heavy (non-hydrogen) atoms. The number of amides is 3. The van der Waals surface area contributed by atoms with Gasteiger partial charge >= 0.3 is 0 Å². The van der Waals surface area contributed by atoms with Gasteiger partial charge in [-0.2, -0.15) is 0 Å². The van der Waals surface area contributed by atoms with Crippen LogP contribution in [-0.2, 0) is 26.2 Å². The zero-order valence-corrected chi connectivity index (χ0v) is 22.1. The highest BCUT2D eigenvalue weighted by Gasteiger charge is 2.37. The second-order valence-corrected chi connectivity index (χ2v) is 10.4. The molecule has 0 aliphatic carbocycles. The van der Waals surface area contributed by atoms with Gasteiger partial charge in [0.25, 0.3) is 11.8 Å². The van der Waals surface area contributed by atoms with Crippen LogP contribution in [0.1, 0.15) is 37.1 Å². The molecular weight excluding hydrogens is 512 g/mol. The van der Waals surface area contributed by atoms with Crippen molar-refractivity contribution in [1.82, 2.24) is 19.8 Å². The lowest BCUT2D eigenvalue weighted by Crippen LogP contribution is -2.36. The minimum absolute atomic E-state index is 0.187. The Morgan fingerprint density at radius 2 is 1.62 bits per heavy atom. The maximum absolute atomic E-state index is 13.2. The molecule has 10 heteroatoms. The average molecular weight is 543 g/mol. The van der Waals surface area contributed by atoms with Crippen LogP contribution in [0.25, 0.3) is 33.0 Å². The molecule has 1 saturated heterocycles. The molecule has 4 aromatic rings. The molecule has 0 saturated carbocycles. The van der Waals surface area contributed by atoms with Gasteiger partial charge in [-0.1, -0.05) is 36.4 Å². The number of rotatable bonds is 7. The van der Waals surface area contributed by atoms with Crippen molar-refractivity contribution in [3.63, 3.8) is 0 Å². The number of para-hydroxylation sites is 2. The van der Waals surface area contributed by atoms with Crippen molar-refractivity contribution in [3.05, 3.63) is 72.1 Å². The lowest BCUT2D eigenvalue weighted by atomic mass is 9.95. The van der Waals surface area contributed by atoms with E-state index in [9.17, 15) is 24.6 Å². The summed E-state index contributed by atoms with van der Waals surface area (Å²) in [6.45, 7) is 1.59. The maximum Gasteiger partial charge on any atom is 0.259 e. The van der Waals surface area contributed by atoms with Crippen molar-refractivity contribution in [1.29, 1.82) is 0 Å². The quantitative estimate of drug-likeness (QED) is 0.265. The molecule has 206 valence electrons. The van der Waals surface area contributed by atoms with Crippen LogP contribution >= 0.6 is 0 Å². The largest absolute Gasteiger partial charge is 0.390 e. The number of aliphatic hydroxyl groups excluding tert-OH is 2. The van der Waals surface area contributed by atoms with Crippen LogP contribution < -0.4 is 10.6 Å². The minimum atomic E-state index is -1.03. The third-order valence-corrected chi connectivity index (χ3v) is 7.76. The van der Waals surface area contributed by atoms with E-state index in [1.807, 2.05) is 66.3 Å². The molecule has 2 aliphatic rings. The fourth-order valence-corrected chi connectivity index (χ4v) is 5.90. The lowest BCUT2D eigenvalue weighted by Gasteiger charge is -2.19. The summed E-state index contributed by atoms with van der Waals surface area (Å²) in [7, 11) is 1.89. The van der Waals surface area contributed by atoms with E-state index in [-0.39, 0.29) is 24.4 Å². The summed E-state index contributed by atoms with van der Waals surface area (Å²) in [6.07, 6.45) is 1.28. The normalized spacial score (nSPS) is 21.9. The molecule has 6 rings (SSSR count). The minimum Gasteiger partial charge on any atom is -0.390 e. The van der Waals surface area contributed by atoms with Crippen molar-refractivity contribution in [3.8, 4) is 0 Å². The molecular formula is C30H30N4O6. The molecule has 2 aliphatic heterocycles. The van der Waals surface area contributed by atoms with E-state index >= 15 is 0 Å². The van der Waals surface area contributed by atoms with Gasteiger partial charge in [0.2, 0.25) is 5.91 Å². The summed E-state index contributed by atoms with van der Waals surface area (Å²) in [5.41, 5.74) is 3.37. The fraction of sp³-hybridized carbons (Fsp3) is 0.300. The first kappa shape index (κ1) is 26.0. The van der Waals surface area contributed by atoms with E-state index in [2.05, 4.69) is 10.6 Å². The molecule has 1 unspecified atom stereocenters. The number of carbonyl (C=O) groups is 3. The zero-order chi connectivity index (χ0) is 28.1. The molecule has 1 fully saturated rings. The monoisotopic (exact) mass is 542 g/mol. The number of carbonyl (C=O) groups excluding carboxylic acids is 3. The number of hydrogen-bond donors (Lipinski definition) is 4. The van der Waals surface area contributed by atoms with Crippen LogP contribution in [-0.4, -0.2) is 61.9 Å². The number of aliphatic hydroxyl groups is 2. The fourth-order valence-electron chi connectivity index (χ4n) is 5.90. The van der Waals surface area contributed by atoms with E-state index in [4.69, 9.17) is 4.74 Å². The molecule has 0 bridgehead atoms. The Morgan fingerprint density at radius 3 is 2.30 bits per heavy atom. The zero-order valence-electron chi connectivity index (χ0n) is 22.1. The van der Waals surface area contributed by atoms with Crippen molar-refractivity contribution in [2.75, 3.05) is 6.54 Å². The maximum atomic E-state index is 13.2. The van der Waals surface area contributed by atoms with Crippen molar-refractivity contribution >= 4 is 50.7 Å². The van der Waals surface area contributed by atoms with Crippen molar-refractivity contribution < 1.29 is 29.3 Å². The average Bonchev–Trinajstić information content (AvgIpc) is 3.65. The topological polar surface area (TPSA) is 135 Å². The number of nitrogens with one attached hydrogen (secondary N) is 2. The van der Waals surface area contributed by atoms with E-state index in [1.54, 1.807) is 10.8 Å². The predicted octanol–water partition coefficient (Wildman–Crippen LogP) is 2.24. The van der Waals surface area contributed by atoms with Gasteiger partial charge in [-0.25, -0.2) is 0 Å². The van der Waals surface area contributed by atoms with Crippen molar-refractivity contribution in [2.45, 2.75) is 44.3 Å². The van der Waals surface area contributed by atoms with Gasteiger partial charge in [0, 0.05) is 73.2 Å². The molecule has 0 spiro atoms. The molecule has 3 amide bonds. The van der Waals surface area contributed by atoms with Crippen molar-refractivity contribution in [2.24, 2.45) is 7.05 Å². The highest BCUT2D eigenvalue weighted by atomic mass is 16.5. The van der Waals surface area contributed by atoms with Gasteiger partial charge < -0.3 is 29.4 Å². The van der Waals surface area contributed by atoms with Gasteiger partial charge in [-0.3, -0.25) is 19.7 Å². The highest BCUT2D eigenvalue weighted by molar-refractivity contribution is 6.50. The van der Waals surface area contributed by atoms with Crippen LogP contribution in [0, 0.1) is 0 Å². The standard InChI is InChI=1S/C30H30N4O6/c1-16(35)31-13-25-24(36)11-17(40-25)12-26(37)34-15-21(19-8-4-6-10-23(19)34)28-27(29(38)32-30(28)39)20-14-33(2)22-9-5-3-7-18(20)22/h3-10,14-15,17,24-26,36-37H,11-13H2,1-2H3,(H,31,35)(H,32,38,39)/t17-,24+,25-,26?/m1/s1. The van der Waals surface area contributed by atoms with Gasteiger partial charge in [-0.15, -0.1) is 0 Å². The lowest BCUT2D eigenvalue weighted by molar-refractivity contribution is -0.123. The number of aromatic nitrogens is 2. The first-order valence-electron chi connectivity index (χ1n) is 13.2. The Labute approximate surface area is 229 Å². The summed E-state index contributed by atoms with van der Waals surface area (Å²) in [6, 6.07) is 15.1. The van der Waals surface area contributed by atoms with Crippen LogP contribution in [0.15, 0.2) is 60.9 Å². The number of benzene rings is 2. The number of aryl methyl sites for hydroxylation is 1. The summed E-state index contributed by atoms with van der Waals surface area (Å²) < 4.78 is 9.52. The highest BCUT2D eigenvalue weighted by Crippen LogP contribution is 2.40. The third-order valence-electron chi connectivity index (χ3n) is 7.76. The predicted molar refractivity (Wildman–Crippen MR) is 149 cm³/mol. The second-order valence-electron chi connectivity index (χ2n) is 10.4. The number of hydrogen-bond acceptors (Lipinski definition) is 6. The molecule has 0 radical (unpaired) electrons. The Morgan fingerprint density at radius 1 is 1.02 bits per heavy atom. The smallest absolute Gasteiger partial charge is 0.259 e. The Kier molecular flexibility index (Phi) is 6.53. The Hall–Kier alpha value is -4.25. The molecule has 10 nitrogen and oxygen atoms in total. The van der Waals surface area contributed by atoms with Gasteiger partial charge in [-0.05, 0) is 12.1 Å². The van der Waals surface area contributed by atoms with Crippen LogP contribution in [0.3, 0.4) is 0 Å². The molecule has 2 aromatic carbocycles. The number of imide groups is 1. The Balaban J connectivity index is 1.39. The first-order valence-corrected chi connectivity index (χ1v) is 13.2. The molecule has 4 heterocycles. The van der Waals surface area contributed by atoms with Crippen LogP contribution in [0.2, 0.25) is 0 Å². The Bertz CT molecular complexity index is 1700. The van der Waals surface area contributed by atoms with Gasteiger partial charge in [0.05, 0.1) is 28.9 Å². The van der Waals surface area contributed by atoms with Crippen LogP contribution in [0.5, 0.6) is 0 Å². The number of fused-ring (bicyclic) bond motifs is 2. The summed E-state index contributed by atoms with van der Waals surface area (Å²) >= 11 is 0. The third kappa shape index (κ3) is 4.40. The van der Waals surface area contributed by atoms with E-state index in [0.29, 0.717) is 28.6 Å². The molecule has 2 aromatic heterocycles. The summed E-state index contributed by atoms with van der Waals surface area (Å²) in [4.78, 5) is 37.7.